The summed E-state index contributed by atoms with van der Waals surface area (Å²) in [5.74, 6) is 0.445. The van der Waals surface area contributed by atoms with Crippen LogP contribution in [-0.2, 0) is 4.79 Å². The number of benzene rings is 1. The highest BCUT2D eigenvalue weighted by molar-refractivity contribution is 7.20. The van der Waals surface area contributed by atoms with Crippen LogP contribution in [0.2, 0.25) is 0 Å². The molecule has 0 spiro atoms. The molecule has 0 saturated heterocycles. The molecule has 3 rings (SSSR count). The third-order valence-electron chi connectivity index (χ3n) is 2.36. The van der Waals surface area contributed by atoms with Gasteiger partial charge in [-0.25, -0.2) is 0 Å². The number of hydrogen-bond acceptors (Lipinski definition) is 4. The fraction of sp³-hybridized carbons (Fsp3) is 0.0833. The van der Waals surface area contributed by atoms with Gasteiger partial charge in [-0.2, -0.15) is 0 Å². The lowest BCUT2D eigenvalue weighted by atomic mass is 10.2. The molecule has 3 aromatic rings. The Labute approximate surface area is 100 Å². The van der Waals surface area contributed by atoms with Gasteiger partial charge in [0.15, 0.2) is 5.75 Å². The normalized spacial score (nSPS) is 11.1. The molecule has 1 aromatic carbocycles. The van der Waals surface area contributed by atoms with Gasteiger partial charge in [0, 0.05) is 6.92 Å². The van der Waals surface area contributed by atoms with Crippen LogP contribution in [0.1, 0.15) is 6.92 Å². The van der Waals surface area contributed by atoms with E-state index in [0.29, 0.717) is 5.75 Å². The molecule has 0 aliphatic heterocycles. The second-order valence-electron chi connectivity index (χ2n) is 3.48. The number of carbonyl (C=O) groups is 1. The predicted octanol–water partition coefficient (Wildman–Crippen LogP) is 4.04. The Kier molecular flexibility index (Phi) is 2.19. The Morgan fingerprint density at radius 1 is 1.12 bits per heavy atom. The van der Waals surface area contributed by atoms with Gasteiger partial charge in [0.1, 0.15) is 0 Å². The van der Waals surface area contributed by atoms with Crippen LogP contribution in [0, 0.1) is 0 Å². The van der Waals surface area contributed by atoms with Crippen LogP contribution in [0.25, 0.3) is 20.2 Å². The molecule has 0 N–H and O–H groups in total. The lowest BCUT2D eigenvalue weighted by Gasteiger charge is -2.04. The third-order valence-corrected chi connectivity index (χ3v) is 4.22. The van der Waals surface area contributed by atoms with E-state index in [0.717, 1.165) is 20.2 Å². The number of esters is 1. The Bertz CT molecular complexity index is 630. The number of ether oxygens (including phenoxy) is 1. The Morgan fingerprint density at radius 3 is 2.19 bits per heavy atom. The number of thiophene rings is 2. The predicted molar refractivity (Wildman–Crippen MR) is 68.5 cm³/mol. The summed E-state index contributed by atoms with van der Waals surface area (Å²) in [5, 5.41) is 6.29. The highest BCUT2D eigenvalue weighted by atomic mass is 32.1. The number of carbonyl (C=O) groups excluding carboxylic acids is 1. The average molecular weight is 248 g/mol. The van der Waals surface area contributed by atoms with E-state index < -0.39 is 0 Å². The van der Waals surface area contributed by atoms with Crippen molar-refractivity contribution in [2.45, 2.75) is 6.92 Å². The number of rotatable bonds is 1. The van der Waals surface area contributed by atoms with Gasteiger partial charge in [0.05, 0.1) is 9.40 Å². The topological polar surface area (TPSA) is 26.3 Å². The van der Waals surface area contributed by atoms with Crippen molar-refractivity contribution in [2.24, 2.45) is 0 Å². The molecule has 0 radical (unpaired) electrons. The zero-order chi connectivity index (χ0) is 11.1. The molecule has 80 valence electrons. The van der Waals surface area contributed by atoms with Crippen molar-refractivity contribution >= 4 is 48.8 Å². The van der Waals surface area contributed by atoms with Crippen molar-refractivity contribution in [3.63, 3.8) is 0 Å². The minimum Gasteiger partial charge on any atom is -0.424 e. The summed E-state index contributed by atoms with van der Waals surface area (Å²) in [5.41, 5.74) is 0. The highest BCUT2D eigenvalue weighted by Gasteiger charge is 2.12. The molecule has 0 aliphatic rings. The molecule has 0 atom stereocenters. The molecule has 0 bridgehead atoms. The Balaban J connectivity index is 2.41. The summed E-state index contributed by atoms with van der Waals surface area (Å²) < 4.78 is 7.43. The quantitative estimate of drug-likeness (QED) is 0.480. The van der Waals surface area contributed by atoms with Crippen LogP contribution in [0.4, 0.5) is 0 Å². The van der Waals surface area contributed by atoms with Crippen molar-refractivity contribution in [1.82, 2.24) is 0 Å². The Morgan fingerprint density at radius 2 is 1.69 bits per heavy atom. The van der Waals surface area contributed by atoms with Crippen molar-refractivity contribution in [3.05, 3.63) is 29.0 Å². The van der Waals surface area contributed by atoms with Crippen LogP contribution in [0.3, 0.4) is 0 Å². The van der Waals surface area contributed by atoms with E-state index in [-0.39, 0.29) is 5.97 Å². The first-order valence-electron chi connectivity index (χ1n) is 4.81. The van der Waals surface area contributed by atoms with Gasteiger partial charge in [-0.15, -0.1) is 22.7 Å². The highest BCUT2D eigenvalue weighted by Crippen LogP contribution is 2.40. The molecule has 4 heteroatoms. The monoisotopic (exact) mass is 248 g/mol. The maximum absolute atomic E-state index is 11.1. The average Bonchev–Trinajstić information content (AvgIpc) is 2.83. The molecule has 2 heterocycles. The minimum absolute atomic E-state index is 0.268. The van der Waals surface area contributed by atoms with Gasteiger partial charge in [-0.1, -0.05) is 0 Å². The number of fused-ring (bicyclic) bond motifs is 2. The molecule has 16 heavy (non-hydrogen) atoms. The summed E-state index contributed by atoms with van der Waals surface area (Å²) >= 11 is 3.21. The van der Waals surface area contributed by atoms with E-state index in [4.69, 9.17) is 4.74 Å². The zero-order valence-electron chi connectivity index (χ0n) is 8.52. The Hall–Kier alpha value is -1.39. The molecule has 2 nitrogen and oxygen atoms in total. The molecular formula is C12H8O2S2. The SMILES string of the molecule is CC(=O)Oc1c2sccc2cc2ccsc12. The summed E-state index contributed by atoms with van der Waals surface area (Å²) in [6.07, 6.45) is 0. The van der Waals surface area contributed by atoms with E-state index in [1.165, 1.54) is 6.92 Å². The van der Waals surface area contributed by atoms with Crippen LogP contribution in [-0.4, -0.2) is 5.97 Å². The lowest BCUT2D eigenvalue weighted by molar-refractivity contribution is -0.131. The second kappa shape index (κ2) is 3.57. The summed E-state index contributed by atoms with van der Waals surface area (Å²) in [6, 6.07) is 6.22. The van der Waals surface area contributed by atoms with Gasteiger partial charge in [-0.3, -0.25) is 4.79 Å². The van der Waals surface area contributed by atoms with Gasteiger partial charge >= 0.3 is 5.97 Å². The maximum Gasteiger partial charge on any atom is 0.308 e. The van der Waals surface area contributed by atoms with Crippen molar-refractivity contribution in [1.29, 1.82) is 0 Å². The fourth-order valence-corrected chi connectivity index (χ4v) is 3.54. The van der Waals surface area contributed by atoms with Crippen LogP contribution >= 0.6 is 22.7 Å². The van der Waals surface area contributed by atoms with Gasteiger partial charge in [0.25, 0.3) is 0 Å². The largest absolute Gasteiger partial charge is 0.424 e. The van der Waals surface area contributed by atoms with Crippen LogP contribution in [0.15, 0.2) is 29.0 Å². The first-order chi connectivity index (χ1) is 7.75. The fourth-order valence-electron chi connectivity index (χ4n) is 1.74. The van der Waals surface area contributed by atoms with Crippen LogP contribution in [0.5, 0.6) is 5.75 Å². The van der Waals surface area contributed by atoms with E-state index in [2.05, 4.69) is 6.07 Å². The lowest BCUT2D eigenvalue weighted by Crippen LogP contribution is -2.01. The molecule has 0 saturated carbocycles. The van der Waals surface area contributed by atoms with E-state index in [1.54, 1.807) is 22.7 Å². The van der Waals surface area contributed by atoms with E-state index in [1.807, 2.05) is 22.9 Å². The molecular weight excluding hydrogens is 240 g/mol. The summed E-state index contributed by atoms with van der Waals surface area (Å²) in [4.78, 5) is 11.1. The summed E-state index contributed by atoms with van der Waals surface area (Å²) in [7, 11) is 0. The first-order valence-corrected chi connectivity index (χ1v) is 6.57. The van der Waals surface area contributed by atoms with Crippen molar-refractivity contribution in [2.75, 3.05) is 0 Å². The molecule has 0 amide bonds. The van der Waals surface area contributed by atoms with Gasteiger partial charge < -0.3 is 4.74 Å². The molecule has 2 aromatic heterocycles. The second-order valence-corrected chi connectivity index (χ2v) is 5.31. The van der Waals surface area contributed by atoms with Crippen molar-refractivity contribution < 1.29 is 9.53 Å². The maximum atomic E-state index is 11.1. The van der Waals surface area contributed by atoms with Crippen molar-refractivity contribution in [3.8, 4) is 5.75 Å². The first kappa shape index (κ1) is 9.81. The van der Waals surface area contributed by atoms with Gasteiger partial charge in [0.2, 0.25) is 0 Å². The minimum atomic E-state index is -0.268. The van der Waals surface area contributed by atoms with E-state index in [9.17, 15) is 4.79 Å². The smallest absolute Gasteiger partial charge is 0.308 e. The van der Waals surface area contributed by atoms with E-state index >= 15 is 0 Å². The van der Waals surface area contributed by atoms with Gasteiger partial charge in [-0.05, 0) is 39.7 Å². The zero-order valence-corrected chi connectivity index (χ0v) is 10.2. The molecule has 0 fully saturated rings. The molecule has 0 aliphatic carbocycles. The molecule has 0 unspecified atom stereocenters. The van der Waals surface area contributed by atoms with Crippen LogP contribution < -0.4 is 4.74 Å². The number of hydrogen-bond donors (Lipinski definition) is 0. The summed E-state index contributed by atoms with van der Waals surface area (Å²) in [6.45, 7) is 1.44. The third kappa shape index (κ3) is 1.42. The standard InChI is InChI=1S/C12H8O2S2/c1-7(13)14-10-11-8(2-4-15-11)6-9-3-5-16-12(9)10/h2-6H,1H3.